The number of ether oxygens (including phenoxy) is 6. The third-order valence-electron chi connectivity index (χ3n) is 9.09. The van der Waals surface area contributed by atoms with E-state index in [1.54, 1.807) is 25.3 Å². The second-order valence-electron chi connectivity index (χ2n) is 13.2. The van der Waals surface area contributed by atoms with Crippen LogP contribution in [0.4, 0.5) is 23.5 Å². The van der Waals surface area contributed by atoms with Gasteiger partial charge in [-0.1, -0.05) is 44.7 Å². The summed E-state index contributed by atoms with van der Waals surface area (Å²) in [6, 6.07) is 5.55. The first-order valence-corrected chi connectivity index (χ1v) is 18.6. The molecule has 0 bridgehead atoms. The molecular weight excluding hydrogens is 713 g/mol. The molecule has 16 heteroatoms. The van der Waals surface area contributed by atoms with E-state index in [9.17, 15) is 5.11 Å². The summed E-state index contributed by atoms with van der Waals surface area (Å²) in [4.78, 5) is 14.2. The first kappa shape index (κ1) is 45.9. The van der Waals surface area contributed by atoms with Crippen LogP contribution < -0.4 is 28.4 Å². The molecule has 1 aromatic carbocycles. The molecule has 0 unspecified atom stereocenters. The van der Waals surface area contributed by atoms with E-state index >= 15 is 0 Å². The minimum Gasteiger partial charge on any atom is -1.00 e. The van der Waals surface area contributed by atoms with Gasteiger partial charge in [-0.3, -0.25) is 0 Å². The van der Waals surface area contributed by atoms with Gasteiger partial charge in [-0.05, 0) is 31.0 Å². The number of likely N-dealkylation sites (tertiary alicyclic amines) is 1. The lowest BCUT2D eigenvalue weighted by molar-refractivity contribution is -0.914. The van der Waals surface area contributed by atoms with Gasteiger partial charge in [0.2, 0.25) is 17.8 Å². The Morgan fingerprint density at radius 1 is 0.692 bits per heavy atom. The number of phenols is 1. The van der Waals surface area contributed by atoms with Crippen molar-refractivity contribution in [3.63, 3.8) is 0 Å². The number of hydrogen-bond acceptors (Lipinski definition) is 13. The van der Waals surface area contributed by atoms with Crippen LogP contribution in [0.25, 0.3) is 0 Å². The molecular formula is C36H63Cl2N7O7. The fourth-order valence-electron chi connectivity index (χ4n) is 6.03. The summed E-state index contributed by atoms with van der Waals surface area (Å²) in [6.45, 7) is 9.27. The Kier molecular flexibility index (Phi) is 23.4. The van der Waals surface area contributed by atoms with Crippen molar-refractivity contribution in [2.75, 3.05) is 122 Å². The first-order chi connectivity index (χ1) is 24.4. The fourth-order valence-corrected chi connectivity index (χ4v) is 6.21. The van der Waals surface area contributed by atoms with Crippen LogP contribution in [0.3, 0.4) is 0 Å². The molecule has 1 aliphatic heterocycles. The quantitative estimate of drug-likeness (QED) is 0.0536. The van der Waals surface area contributed by atoms with Gasteiger partial charge in [0, 0.05) is 37.7 Å². The Morgan fingerprint density at radius 3 is 1.65 bits per heavy atom. The van der Waals surface area contributed by atoms with Gasteiger partial charge in [0.15, 0.2) is 0 Å². The zero-order chi connectivity index (χ0) is 35.3. The second-order valence-corrected chi connectivity index (χ2v) is 13.6. The number of benzene rings is 1. The molecule has 298 valence electrons. The van der Waals surface area contributed by atoms with Crippen molar-refractivity contribution in [1.82, 2.24) is 15.0 Å². The van der Waals surface area contributed by atoms with Gasteiger partial charge in [-0.2, -0.15) is 15.0 Å². The molecule has 52 heavy (non-hydrogen) atoms. The van der Waals surface area contributed by atoms with E-state index < -0.39 is 0 Å². The average Bonchev–Trinajstić information content (AvgIpc) is 3.37. The molecule has 1 aliphatic carbocycles. The molecule has 2 fully saturated rings. The summed E-state index contributed by atoms with van der Waals surface area (Å²) in [7, 11) is 3.95. The SMILES string of the molecule is C.COCCOCCOCCOCCOCCOCC[N+]1(C)CCC(Nc2nc(Nc3ccc(O)c(Cl)c3)nc(NC3CCCCCC3)n2)CC1.[Cl-]. The number of likely N-dealkylation sites (N-methyl/N-ethyl adjacent to an activating group) is 1. The number of halogens is 2. The molecule has 0 spiro atoms. The maximum Gasteiger partial charge on any atom is 0.233 e. The number of piperidine rings is 1. The van der Waals surface area contributed by atoms with Gasteiger partial charge in [0.05, 0.1) is 97.8 Å². The minimum absolute atomic E-state index is 0. The van der Waals surface area contributed by atoms with Crippen LogP contribution in [0.15, 0.2) is 18.2 Å². The van der Waals surface area contributed by atoms with Crippen LogP contribution in [0.2, 0.25) is 5.02 Å². The van der Waals surface area contributed by atoms with Crippen molar-refractivity contribution >= 4 is 35.1 Å². The number of nitrogens with one attached hydrogen (secondary N) is 3. The molecule has 1 aromatic heterocycles. The third-order valence-corrected chi connectivity index (χ3v) is 9.39. The lowest BCUT2D eigenvalue weighted by Crippen LogP contribution is -3.00. The van der Waals surface area contributed by atoms with E-state index in [0.717, 1.165) is 49.8 Å². The smallest absolute Gasteiger partial charge is 0.233 e. The fraction of sp³-hybridized carbons (Fsp3) is 0.750. The summed E-state index contributed by atoms with van der Waals surface area (Å²) in [5, 5.41) is 20.5. The maximum atomic E-state index is 9.83. The molecule has 2 heterocycles. The van der Waals surface area contributed by atoms with Gasteiger partial charge in [0.1, 0.15) is 12.3 Å². The van der Waals surface area contributed by atoms with Gasteiger partial charge in [-0.15, -0.1) is 0 Å². The van der Waals surface area contributed by atoms with Crippen molar-refractivity contribution in [2.24, 2.45) is 0 Å². The van der Waals surface area contributed by atoms with Gasteiger partial charge in [-0.25, -0.2) is 0 Å². The number of methoxy groups -OCH3 is 1. The number of nitrogens with zero attached hydrogens (tertiary/aromatic N) is 4. The lowest BCUT2D eigenvalue weighted by Gasteiger charge is -2.40. The molecule has 0 atom stereocenters. The van der Waals surface area contributed by atoms with Crippen molar-refractivity contribution in [1.29, 1.82) is 0 Å². The average molecular weight is 777 g/mol. The van der Waals surface area contributed by atoms with Crippen LogP contribution in [0.1, 0.15) is 58.8 Å². The molecule has 1 saturated carbocycles. The summed E-state index contributed by atoms with van der Waals surface area (Å²) in [5.41, 5.74) is 0.688. The summed E-state index contributed by atoms with van der Waals surface area (Å²) < 4.78 is 33.7. The number of hydrogen-bond donors (Lipinski definition) is 4. The lowest BCUT2D eigenvalue weighted by atomic mass is 10.0. The number of aromatic hydroxyl groups is 1. The monoisotopic (exact) mass is 775 g/mol. The Labute approximate surface area is 322 Å². The number of aromatic nitrogens is 3. The Balaban J connectivity index is 0.00000468. The molecule has 0 amide bonds. The number of anilines is 4. The van der Waals surface area contributed by atoms with E-state index in [1.807, 2.05) is 0 Å². The highest BCUT2D eigenvalue weighted by atomic mass is 35.5. The van der Waals surface area contributed by atoms with Gasteiger partial charge in [0.25, 0.3) is 0 Å². The molecule has 4 N–H and O–H groups in total. The van der Waals surface area contributed by atoms with Crippen molar-refractivity contribution in [3.8, 4) is 5.75 Å². The number of quaternary nitrogens is 1. The molecule has 0 radical (unpaired) electrons. The Bertz CT molecular complexity index is 1220. The van der Waals surface area contributed by atoms with Crippen molar-refractivity contribution in [3.05, 3.63) is 23.2 Å². The van der Waals surface area contributed by atoms with Crippen molar-refractivity contribution in [2.45, 2.75) is 70.9 Å². The normalized spacial score (nSPS) is 19.2. The van der Waals surface area contributed by atoms with Crippen LogP contribution in [-0.4, -0.2) is 143 Å². The topological polar surface area (TPSA) is 150 Å². The largest absolute Gasteiger partial charge is 1.00 e. The molecule has 4 rings (SSSR count). The first-order valence-electron chi connectivity index (χ1n) is 18.2. The van der Waals surface area contributed by atoms with E-state index in [2.05, 4.69) is 28.0 Å². The molecule has 1 saturated heterocycles. The predicted octanol–water partition coefficient (Wildman–Crippen LogP) is 2.50. The third kappa shape index (κ3) is 18.2. The zero-order valence-electron chi connectivity index (χ0n) is 30.4. The maximum absolute atomic E-state index is 9.83. The van der Waals surface area contributed by atoms with E-state index in [-0.39, 0.29) is 36.6 Å². The van der Waals surface area contributed by atoms with E-state index in [0.29, 0.717) is 102 Å². The predicted molar refractivity (Wildman–Crippen MR) is 201 cm³/mol. The molecule has 2 aliphatic rings. The van der Waals surface area contributed by atoms with Crippen LogP contribution >= 0.6 is 11.6 Å². The zero-order valence-corrected chi connectivity index (χ0v) is 31.9. The Morgan fingerprint density at radius 2 is 1.15 bits per heavy atom. The number of phenolic OH excluding ortho intramolecular Hbond substituents is 1. The van der Waals surface area contributed by atoms with E-state index in [4.69, 9.17) is 50.0 Å². The Hall–Kier alpha value is -2.27. The highest BCUT2D eigenvalue weighted by molar-refractivity contribution is 6.32. The number of rotatable bonds is 24. The minimum atomic E-state index is 0. The van der Waals surface area contributed by atoms with Crippen LogP contribution in [0.5, 0.6) is 5.75 Å². The van der Waals surface area contributed by atoms with Crippen molar-refractivity contribution < 1.29 is 50.4 Å². The molecule has 14 nitrogen and oxygen atoms in total. The summed E-state index contributed by atoms with van der Waals surface area (Å²) >= 11 is 6.15. The van der Waals surface area contributed by atoms with Gasteiger partial charge >= 0.3 is 0 Å². The highest BCUT2D eigenvalue weighted by Gasteiger charge is 2.30. The van der Waals surface area contributed by atoms with Gasteiger partial charge < -0.3 is 66.4 Å². The molecule has 2 aromatic rings. The summed E-state index contributed by atoms with van der Waals surface area (Å²) in [5.74, 6) is 1.56. The van der Waals surface area contributed by atoms with Crippen LogP contribution in [0, 0.1) is 0 Å². The summed E-state index contributed by atoms with van der Waals surface area (Å²) in [6.07, 6.45) is 9.20. The van der Waals surface area contributed by atoms with E-state index in [1.165, 1.54) is 25.7 Å². The van der Waals surface area contributed by atoms with Crippen LogP contribution in [-0.2, 0) is 28.4 Å². The highest BCUT2D eigenvalue weighted by Crippen LogP contribution is 2.28. The standard InChI is InChI=1S/C35H58ClN7O7.CH4.ClH/c1-43(15-16-46-19-20-48-23-24-50-26-25-49-22-21-47-18-17-45-2)13-11-29(12-14-43)38-34-40-33(37-28-7-5-3-4-6-8-28)41-35(42-34)39-30-9-10-32(44)31(36)27-30;;/h9-10,27-29H,3-8,11-26H2,1-2H3,(H3-,37,38,39,40,41,42,44);1H4;1H. The second kappa shape index (κ2) is 26.5.